The maximum absolute atomic E-state index is 10.8. The number of ether oxygens (including phenoxy) is 1. The number of hydrogen-bond acceptors (Lipinski definition) is 4. The van der Waals surface area contributed by atoms with E-state index in [1.807, 2.05) is 0 Å². The summed E-state index contributed by atoms with van der Waals surface area (Å²) in [6, 6.07) is 9.23. The van der Waals surface area contributed by atoms with Crippen LogP contribution in [0, 0.1) is 10.1 Å². The molecule has 0 amide bonds. The minimum Gasteiger partial charge on any atom is -0.480 e. The summed E-state index contributed by atoms with van der Waals surface area (Å²) >= 11 is 11.7. The van der Waals surface area contributed by atoms with E-state index in [1.54, 1.807) is 24.3 Å². The standard InChI is InChI=1S/C12H8Cl2N2O3/c13-8-5-6-12(14)15-9(8)7-19-11-4-2-1-3-10(11)16(17)18/h1-6H,7H2. The van der Waals surface area contributed by atoms with E-state index in [0.29, 0.717) is 10.7 Å². The highest BCUT2D eigenvalue weighted by atomic mass is 35.5. The molecule has 0 aliphatic heterocycles. The maximum atomic E-state index is 10.8. The maximum Gasteiger partial charge on any atom is 0.310 e. The predicted octanol–water partition coefficient (Wildman–Crippen LogP) is 3.88. The van der Waals surface area contributed by atoms with Crippen LogP contribution in [0.25, 0.3) is 0 Å². The molecular formula is C12H8Cl2N2O3. The third-order valence-corrected chi connectivity index (χ3v) is 2.87. The largest absolute Gasteiger partial charge is 0.480 e. The van der Waals surface area contributed by atoms with Crippen LogP contribution in [0.15, 0.2) is 36.4 Å². The van der Waals surface area contributed by atoms with Crippen LogP contribution < -0.4 is 4.74 Å². The van der Waals surface area contributed by atoms with E-state index in [4.69, 9.17) is 27.9 Å². The van der Waals surface area contributed by atoms with Gasteiger partial charge in [0.15, 0.2) is 5.75 Å². The van der Waals surface area contributed by atoms with Crippen LogP contribution in [0.5, 0.6) is 5.75 Å². The molecular weight excluding hydrogens is 291 g/mol. The highest BCUT2D eigenvalue weighted by Crippen LogP contribution is 2.27. The number of pyridine rings is 1. The van der Waals surface area contributed by atoms with Crippen molar-refractivity contribution in [2.45, 2.75) is 6.61 Å². The third kappa shape index (κ3) is 3.33. The number of nitro groups is 1. The summed E-state index contributed by atoms with van der Waals surface area (Å²) in [6.07, 6.45) is 0. The fourth-order valence-corrected chi connectivity index (χ4v) is 1.76. The van der Waals surface area contributed by atoms with Gasteiger partial charge in [0.25, 0.3) is 0 Å². The molecule has 1 aromatic carbocycles. The Morgan fingerprint density at radius 1 is 1.21 bits per heavy atom. The Kier molecular flexibility index (Phi) is 4.19. The van der Waals surface area contributed by atoms with E-state index in [0.717, 1.165) is 0 Å². The summed E-state index contributed by atoms with van der Waals surface area (Å²) in [5, 5.41) is 11.5. The highest BCUT2D eigenvalue weighted by molar-refractivity contribution is 6.32. The molecule has 0 saturated heterocycles. The number of para-hydroxylation sites is 2. The average Bonchev–Trinajstić information content (AvgIpc) is 2.40. The molecule has 1 heterocycles. The summed E-state index contributed by atoms with van der Waals surface area (Å²) in [5.74, 6) is 0.158. The summed E-state index contributed by atoms with van der Waals surface area (Å²) < 4.78 is 5.37. The molecule has 0 fully saturated rings. The van der Waals surface area contributed by atoms with E-state index >= 15 is 0 Å². The first-order valence-electron chi connectivity index (χ1n) is 5.25. The van der Waals surface area contributed by atoms with Gasteiger partial charge in [-0.25, -0.2) is 4.98 Å². The monoisotopic (exact) mass is 298 g/mol. The van der Waals surface area contributed by atoms with Gasteiger partial charge in [0, 0.05) is 6.07 Å². The lowest BCUT2D eigenvalue weighted by atomic mass is 10.3. The van der Waals surface area contributed by atoms with Crippen LogP contribution in [0.1, 0.15) is 5.69 Å². The van der Waals surface area contributed by atoms with Crippen molar-refractivity contribution in [1.82, 2.24) is 4.98 Å². The second kappa shape index (κ2) is 5.86. The van der Waals surface area contributed by atoms with Crippen LogP contribution in [0.3, 0.4) is 0 Å². The van der Waals surface area contributed by atoms with Gasteiger partial charge >= 0.3 is 5.69 Å². The van der Waals surface area contributed by atoms with E-state index in [-0.39, 0.29) is 23.2 Å². The minimum atomic E-state index is -0.512. The Morgan fingerprint density at radius 2 is 1.95 bits per heavy atom. The Balaban J connectivity index is 2.19. The lowest BCUT2D eigenvalue weighted by Gasteiger charge is -2.07. The first kappa shape index (κ1) is 13.6. The van der Waals surface area contributed by atoms with E-state index in [9.17, 15) is 10.1 Å². The lowest BCUT2D eigenvalue weighted by molar-refractivity contribution is -0.385. The van der Waals surface area contributed by atoms with Crippen LogP contribution >= 0.6 is 23.2 Å². The van der Waals surface area contributed by atoms with Crippen molar-refractivity contribution >= 4 is 28.9 Å². The van der Waals surface area contributed by atoms with Crippen LogP contribution in [0.2, 0.25) is 10.2 Å². The summed E-state index contributed by atoms with van der Waals surface area (Å²) in [4.78, 5) is 14.3. The normalized spacial score (nSPS) is 10.2. The quantitative estimate of drug-likeness (QED) is 0.488. The number of hydrogen-bond donors (Lipinski definition) is 0. The van der Waals surface area contributed by atoms with Gasteiger partial charge in [-0.05, 0) is 18.2 Å². The lowest BCUT2D eigenvalue weighted by Crippen LogP contribution is -2.01. The topological polar surface area (TPSA) is 65.3 Å². The minimum absolute atomic E-state index is 0.00421. The number of nitro benzene ring substituents is 1. The predicted molar refractivity (Wildman–Crippen MR) is 71.7 cm³/mol. The second-order valence-electron chi connectivity index (χ2n) is 3.58. The molecule has 7 heteroatoms. The van der Waals surface area contributed by atoms with Gasteiger partial charge in [0.05, 0.1) is 15.6 Å². The Labute approximate surface area is 118 Å². The number of benzene rings is 1. The molecule has 0 atom stereocenters. The first-order valence-corrected chi connectivity index (χ1v) is 6.00. The van der Waals surface area contributed by atoms with Gasteiger partial charge in [-0.3, -0.25) is 10.1 Å². The molecule has 1 aromatic heterocycles. The van der Waals surface area contributed by atoms with Crippen molar-refractivity contribution in [2.75, 3.05) is 0 Å². The molecule has 0 aliphatic rings. The molecule has 19 heavy (non-hydrogen) atoms. The number of nitrogens with zero attached hydrogens (tertiary/aromatic N) is 2. The highest BCUT2D eigenvalue weighted by Gasteiger charge is 2.14. The molecule has 0 unspecified atom stereocenters. The smallest absolute Gasteiger partial charge is 0.310 e. The van der Waals surface area contributed by atoms with Crippen molar-refractivity contribution in [3.8, 4) is 5.75 Å². The van der Waals surface area contributed by atoms with Crippen molar-refractivity contribution in [1.29, 1.82) is 0 Å². The molecule has 2 rings (SSSR count). The van der Waals surface area contributed by atoms with Gasteiger partial charge in [-0.2, -0.15) is 0 Å². The molecule has 2 aromatic rings. The third-order valence-electron chi connectivity index (χ3n) is 2.31. The van der Waals surface area contributed by atoms with E-state index < -0.39 is 4.92 Å². The van der Waals surface area contributed by atoms with Gasteiger partial charge < -0.3 is 4.74 Å². The fourth-order valence-electron chi connectivity index (χ4n) is 1.44. The molecule has 0 bridgehead atoms. The second-order valence-corrected chi connectivity index (χ2v) is 4.37. The Hall–Kier alpha value is -1.85. The molecule has 0 aliphatic carbocycles. The van der Waals surface area contributed by atoms with Crippen LogP contribution in [-0.4, -0.2) is 9.91 Å². The van der Waals surface area contributed by atoms with Crippen LogP contribution in [-0.2, 0) is 6.61 Å². The molecule has 0 radical (unpaired) electrons. The summed E-state index contributed by atoms with van der Waals surface area (Å²) in [6.45, 7) is 0.00421. The van der Waals surface area contributed by atoms with Crippen molar-refractivity contribution < 1.29 is 9.66 Å². The zero-order valence-corrected chi connectivity index (χ0v) is 11.1. The Bertz CT molecular complexity index is 620. The zero-order chi connectivity index (χ0) is 13.8. The van der Waals surface area contributed by atoms with E-state index in [1.165, 1.54) is 12.1 Å². The summed E-state index contributed by atoms with van der Waals surface area (Å²) in [7, 11) is 0. The van der Waals surface area contributed by atoms with Crippen molar-refractivity contribution in [3.05, 3.63) is 62.4 Å². The number of aromatic nitrogens is 1. The van der Waals surface area contributed by atoms with Crippen molar-refractivity contribution in [2.24, 2.45) is 0 Å². The molecule has 0 saturated carbocycles. The number of halogens is 2. The Morgan fingerprint density at radius 3 is 2.68 bits per heavy atom. The molecule has 5 nitrogen and oxygen atoms in total. The molecule has 0 N–H and O–H groups in total. The van der Waals surface area contributed by atoms with Crippen LogP contribution in [0.4, 0.5) is 5.69 Å². The van der Waals surface area contributed by atoms with Crippen molar-refractivity contribution in [3.63, 3.8) is 0 Å². The SMILES string of the molecule is O=[N+]([O-])c1ccccc1OCc1nc(Cl)ccc1Cl. The first-order chi connectivity index (χ1) is 9.08. The van der Waals surface area contributed by atoms with Gasteiger partial charge in [-0.1, -0.05) is 35.3 Å². The van der Waals surface area contributed by atoms with Gasteiger partial charge in [0.2, 0.25) is 0 Å². The zero-order valence-electron chi connectivity index (χ0n) is 9.55. The fraction of sp³-hybridized carbons (Fsp3) is 0.0833. The summed E-state index contributed by atoms with van der Waals surface area (Å²) in [5.41, 5.74) is 0.313. The number of rotatable bonds is 4. The van der Waals surface area contributed by atoms with Gasteiger partial charge in [-0.15, -0.1) is 0 Å². The molecule has 98 valence electrons. The molecule has 0 spiro atoms. The average molecular weight is 299 g/mol. The van der Waals surface area contributed by atoms with E-state index in [2.05, 4.69) is 4.98 Å². The van der Waals surface area contributed by atoms with Gasteiger partial charge in [0.1, 0.15) is 11.8 Å².